The molecular formula is C13H7Cl3N2O3. The Morgan fingerprint density at radius 2 is 1.86 bits per heavy atom. The number of carbonyl (C=O) groups is 1. The van der Waals surface area contributed by atoms with Gasteiger partial charge in [-0.05, 0) is 24.3 Å². The standard InChI is InChI=1S/C13H7Cl3N2O3/c14-7-4-5-10(11(6-7)18(20)21)17-13(19)8-2-1-3-9(15)12(8)16/h1-6H,(H,17,19). The number of nitro groups is 1. The van der Waals surface area contributed by atoms with Gasteiger partial charge in [0.2, 0.25) is 0 Å². The molecule has 8 heteroatoms. The third kappa shape index (κ3) is 3.44. The third-order valence-corrected chi connectivity index (χ3v) is 3.65. The molecule has 5 nitrogen and oxygen atoms in total. The van der Waals surface area contributed by atoms with Crippen molar-refractivity contribution in [3.8, 4) is 0 Å². The topological polar surface area (TPSA) is 72.2 Å². The largest absolute Gasteiger partial charge is 0.316 e. The Balaban J connectivity index is 2.36. The van der Waals surface area contributed by atoms with Gasteiger partial charge in [0.1, 0.15) is 5.69 Å². The highest BCUT2D eigenvalue weighted by atomic mass is 35.5. The SMILES string of the molecule is O=C(Nc1ccc(Cl)cc1[N+](=O)[O-])c1cccc(Cl)c1Cl. The fraction of sp³-hybridized carbons (Fsp3) is 0. The average Bonchev–Trinajstić information content (AvgIpc) is 2.43. The molecule has 1 amide bonds. The number of rotatable bonds is 3. The number of nitrogens with one attached hydrogen (secondary N) is 1. The van der Waals surface area contributed by atoms with E-state index in [9.17, 15) is 14.9 Å². The van der Waals surface area contributed by atoms with Crippen molar-refractivity contribution in [2.45, 2.75) is 0 Å². The summed E-state index contributed by atoms with van der Waals surface area (Å²) in [5, 5.41) is 13.9. The van der Waals surface area contributed by atoms with E-state index < -0.39 is 10.8 Å². The molecule has 2 rings (SSSR count). The lowest BCUT2D eigenvalue weighted by atomic mass is 10.2. The minimum Gasteiger partial charge on any atom is -0.316 e. The summed E-state index contributed by atoms with van der Waals surface area (Å²) in [5.74, 6) is -0.604. The van der Waals surface area contributed by atoms with E-state index in [2.05, 4.69) is 5.32 Å². The first-order chi connectivity index (χ1) is 9.90. The number of anilines is 1. The van der Waals surface area contributed by atoms with Gasteiger partial charge >= 0.3 is 0 Å². The van der Waals surface area contributed by atoms with Gasteiger partial charge in [-0.15, -0.1) is 0 Å². The van der Waals surface area contributed by atoms with E-state index in [0.29, 0.717) is 0 Å². The minimum absolute atomic E-state index is 0.0189. The van der Waals surface area contributed by atoms with Crippen LogP contribution >= 0.6 is 34.8 Å². The van der Waals surface area contributed by atoms with Gasteiger partial charge < -0.3 is 5.32 Å². The third-order valence-electron chi connectivity index (χ3n) is 2.60. The van der Waals surface area contributed by atoms with Crippen LogP contribution in [0.4, 0.5) is 11.4 Å². The molecule has 0 aromatic heterocycles. The van der Waals surface area contributed by atoms with Crippen LogP contribution in [0.3, 0.4) is 0 Å². The quantitative estimate of drug-likeness (QED) is 0.641. The van der Waals surface area contributed by atoms with Crippen LogP contribution in [0.5, 0.6) is 0 Å². The normalized spacial score (nSPS) is 10.2. The van der Waals surface area contributed by atoms with Gasteiger partial charge in [-0.3, -0.25) is 14.9 Å². The number of amides is 1. The van der Waals surface area contributed by atoms with Crippen LogP contribution in [0.25, 0.3) is 0 Å². The van der Waals surface area contributed by atoms with Crippen molar-refractivity contribution in [2.24, 2.45) is 0 Å². The summed E-state index contributed by atoms with van der Waals surface area (Å²) in [5.41, 5.74) is -0.173. The van der Waals surface area contributed by atoms with Gasteiger partial charge in [0, 0.05) is 11.1 Å². The number of nitrogens with zero attached hydrogens (tertiary/aromatic N) is 1. The van der Waals surface area contributed by atoms with E-state index in [1.165, 1.54) is 24.3 Å². The summed E-state index contributed by atoms with van der Waals surface area (Å²) in [6.45, 7) is 0. The molecule has 0 saturated heterocycles. The summed E-state index contributed by atoms with van der Waals surface area (Å²) in [6.07, 6.45) is 0. The molecule has 0 aliphatic heterocycles. The molecule has 21 heavy (non-hydrogen) atoms. The van der Waals surface area contributed by atoms with E-state index in [4.69, 9.17) is 34.8 Å². The van der Waals surface area contributed by atoms with Crippen LogP contribution in [0.1, 0.15) is 10.4 Å². The van der Waals surface area contributed by atoms with Gasteiger partial charge in [-0.2, -0.15) is 0 Å². The van der Waals surface area contributed by atoms with E-state index in [-0.39, 0.29) is 32.0 Å². The Morgan fingerprint density at radius 1 is 1.14 bits per heavy atom. The van der Waals surface area contributed by atoms with Crippen LogP contribution < -0.4 is 5.32 Å². The second-order valence-corrected chi connectivity index (χ2v) is 5.20. The Kier molecular flexibility index (Phi) is 4.67. The Labute approximate surface area is 134 Å². The van der Waals surface area contributed by atoms with Crippen molar-refractivity contribution >= 4 is 52.1 Å². The van der Waals surface area contributed by atoms with Gasteiger partial charge in [0.25, 0.3) is 11.6 Å². The molecule has 108 valence electrons. The van der Waals surface area contributed by atoms with Crippen molar-refractivity contribution in [1.29, 1.82) is 0 Å². The van der Waals surface area contributed by atoms with Gasteiger partial charge in [0.05, 0.1) is 20.5 Å². The summed E-state index contributed by atoms with van der Waals surface area (Å²) >= 11 is 17.5. The summed E-state index contributed by atoms with van der Waals surface area (Å²) in [4.78, 5) is 22.5. The van der Waals surface area contributed by atoms with Crippen molar-refractivity contribution in [3.05, 3.63) is 67.1 Å². The van der Waals surface area contributed by atoms with Crippen molar-refractivity contribution in [1.82, 2.24) is 0 Å². The van der Waals surface area contributed by atoms with Crippen LogP contribution in [0.15, 0.2) is 36.4 Å². The summed E-state index contributed by atoms with van der Waals surface area (Å²) in [6, 6.07) is 8.48. The number of benzene rings is 2. The van der Waals surface area contributed by atoms with Crippen LogP contribution in [0, 0.1) is 10.1 Å². The van der Waals surface area contributed by atoms with E-state index >= 15 is 0 Å². The van der Waals surface area contributed by atoms with E-state index in [0.717, 1.165) is 6.07 Å². The molecule has 0 fully saturated rings. The monoisotopic (exact) mass is 344 g/mol. The number of halogens is 3. The highest BCUT2D eigenvalue weighted by Gasteiger charge is 2.19. The number of hydrogen-bond acceptors (Lipinski definition) is 3. The van der Waals surface area contributed by atoms with Crippen LogP contribution in [0.2, 0.25) is 15.1 Å². The highest BCUT2D eigenvalue weighted by molar-refractivity contribution is 6.44. The van der Waals surface area contributed by atoms with Crippen LogP contribution in [-0.4, -0.2) is 10.8 Å². The predicted octanol–water partition coefficient (Wildman–Crippen LogP) is 4.81. The lowest BCUT2D eigenvalue weighted by molar-refractivity contribution is -0.383. The molecular weight excluding hydrogens is 339 g/mol. The molecule has 0 bridgehead atoms. The summed E-state index contributed by atoms with van der Waals surface area (Å²) < 4.78 is 0. The van der Waals surface area contributed by atoms with Gasteiger partial charge in [-0.1, -0.05) is 40.9 Å². The number of carbonyl (C=O) groups excluding carboxylic acids is 1. The maximum Gasteiger partial charge on any atom is 0.294 e. The van der Waals surface area contributed by atoms with Crippen molar-refractivity contribution in [2.75, 3.05) is 5.32 Å². The fourth-order valence-electron chi connectivity index (χ4n) is 1.63. The summed E-state index contributed by atoms with van der Waals surface area (Å²) in [7, 11) is 0. The Bertz CT molecular complexity index is 735. The van der Waals surface area contributed by atoms with Crippen molar-refractivity contribution in [3.63, 3.8) is 0 Å². The smallest absolute Gasteiger partial charge is 0.294 e. The maximum absolute atomic E-state index is 12.1. The first kappa shape index (κ1) is 15.6. The minimum atomic E-state index is -0.638. The van der Waals surface area contributed by atoms with Gasteiger partial charge in [0.15, 0.2) is 0 Å². The molecule has 0 aliphatic rings. The molecule has 2 aromatic rings. The molecule has 1 N–H and O–H groups in total. The number of nitro benzene ring substituents is 1. The van der Waals surface area contributed by atoms with Crippen molar-refractivity contribution < 1.29 is 9.72 Å². The predicted molar refractivity (Wildman–Crippen MR) is 82.5 cm³/mol. The molecule has 0 spiro atoms. The number of hydrogen-bond donors (Lipinski definition) is 1. The molecule has 0 saturated carbocycles. The molecule has 0 unspecified atom stereocenters. The lowest BCUT2D eigenvalue weighted by Crippen LogP contribution is -2.13. The maximum atomic E-state index is 12.1. The highest BCUT2D eigenvalue weighted by Crippen LogP contribution is 2.30. The van der Waals surface area contributed by atoms with E-state index in [1.807, 2.05) is 0 Å². The van der Waals surface area contributed by atoms with Gasteiger partial charge in [-0.25, -0.2) is 0 Å². The Morgan fingerprint density at radius 3 is 2.52 bits per heavy atom. The zero-order chi connectivity index (χ0) is 15.6. The molecule has 0 radical (unpaired) electrons. The second-order valence-electron chi connectivity index (χ2n) is 3.97. The molecule has 0 atom stereocenters. The molecule has 2 aromatic carbocycles. The Hall–Kier alpha value is -1.82. The zero-order valence-electron chi connectivity index (χ0n) is 10.3. The fourth-order valence-corrected chi connectivity index (χ4v) is 2.18. The second kappa shape index (κ2) is 6.30. The zero-order valence-corrected chi connectivity index (χ0v) is 12.5. The molecule has 0 heterocycles. The van der Waals surface area contributed by atoms with Crippen LogP contribution in [-0.2, 0) is 0 Å². The van der Waals surface area contributed by atoms with E-state index in [1.54, 1.807) is 6.07 Å². The average molecular weight is 346 g/mol. The first-order valence-corrected chi connectivity index (χ1v) is 6.73. The molecule has 0 aliphatic carbocycles. The first-order valence-electron chi connectivity index (χ1n) is 5.59. The lowest BCUT2D eigenvalue weighted by Gasteiger charge is -2.08.